The van der Waals surface area contributed by atoms with Gasteiger partial charge in [0.05, 0.1) is 17.7 Å². The topological polar surface area (TPSA) is 96.0 Å². The molecule has 1 N–H and O–H groups in total. The molecule has 43 heavy (non-hydrogen) atoms. The van der Waals surface area contributed by atoms with Gasteiger partial charge in [-0.3, -0.25) is 13.9 Å². The molecule has 0 heterocycles. The minimum absolute atomic E-state index is 0.0160. The van der Waals surface area contributed by atoms with Crippen LogP contribution in [0.2, 0.25) is 5.02 Å². The van der Waals surface area contributed by atoms with E-state index in [0.29, 0.717) is 16.5 Å². The fourth-order valence-corrected chi connectivity index (χ4v) is 6.27. The first-order valence-electron chi connectivity index (χ1n) is 13.6. The maximum Gasteiger partial charge on any atom is 0.264 e. The van der Waals surface area contributed by atoms with Crippen molar-refractivity contribution in [2.24, 2.45) is 0 Å². The molecule has 4 aromatic rings. The first-order valence-corrected chi connectivity index (χ1v) is 15.5. The molecule has 0 bridgehead atoms. The zero-order chi connectivity index (χ0) is 31.0. The molecule has 0 aliphatic carbocycles. The van der Waals surface area contributed by atoms with Gasteiger partial charge in [0, 0.05) is 25.0 Å². The number of nitrogens with zero attached hydrogens (tertiary/aromatic N) is 2. The van der Waals surface area contributed by atoms with Gasteiger partial charge in [-0.05, 0) is 72.1 Å². The van der Waals surface area contributed by atoms with Gasteiger partial charge in [0.1, 0.15) is 18.3 Å². The van der Waals surface area contributed by atoms with E-state index < -0.39 is 28.5 Å². The maximum absolute atomic E-state index is 14.3. The number of rotatable bonds is 12. The van der Waals surface area contributed by atoms with Crippen molar-refractivity contribution < 1.29 is 22.7 Å². The van der Waals surface area contributed by atoms with Crippen molar-refractivity contribution >= 4 is 39.1 Å². The Morgan fingerprint density at radius 2 is 1.56 bits per heavy atom. The zero-order valence-corrected chi connectivity index (χ0v) is 25.8. The van der Waals surface area contributed by atoms with Gasteiger partial charge < -0.3 is 15.0 Å². The van der Waals surface area contributed by atoms with Crippen molar-refractivity contribution in [1.82, 2.24) is 10.2 Å². The Hall–Kier alpha value is -4.34. The molecule has 0 fully saturated rings. The summed E-state index contributed by atoms with van der Waals surface area (Å²) in [5, 5.41) is 3.07. The van der Waals surface area contributed by atoms with Crippen LogP contribution in [0, 0.1) is 6.92 Å². The van der Waals surface area contributed by atoms with Gasteiger partial charge in [-0.1, -0.05) is 66.2 Å². The summed E-state index contributed by atoms with van der Waals surface area (Å²) < 4.78 is 34.5. The molecule has 0 spiro atoms. The minimum atomic E-state index is -4.20. The number of sulfonamides is 1. The molecule has 1 atom stereocenters. The molecular weight excluding hydrogens is 586 g/mol. The van der Waals surface area contributed by atoms with Crippen LogP contribution >= 0.6 is 11.6 Å². The summed E-state index contributed by atoms with van der Waals surface area (Å²) in [6.07, 6.45) is 0.227. The molecule has 0 aliphatic rings. The number of benzene rings is 4. The Bertz CT molecular complexity index is 1660. The smallest absolute Gasteiger partial charge is 0.264 e. The Kier molecular flexibility index (Phi) is 10.4. The Balaban J connectivity index is 1.79. The van der Waals surface area contributed by atoms with Gasteiger partial charge in [0.25, 0.3) is 10.0 Å². The number of halogens is 1. The molecule has 0 aromatic heterocycles. The van der Waals surface area contributed by atoms with Crippen molar-refractivity contribution in [3.8, 4) is 5.75 Å². The average Bonchev–Trinajstić information content (AvgIpc) is 3.01. The molecular formula is C33H34ClN3O5S. The number of aryl methyl sites for hydroxylation is 1. The van der Waals surface area contributed by atoms with Crippen LogP contribution < -0.4 is 14.4 Å². The van der Waals surface area contributed by atoms with E-state index in [1.807, 2.05) is 49.4 Å². The lowest BCUT2D eigenvalue weighted by Gasteiger charge is -2.33. The molecule has 0 saturated carbocycles. The van der Waals surface area contributed by atoms with E-state index >= 15 is 0 Å². The van der Waals surface area contributed by atoms with Gasteiger partial charge in [-0.15, -0.1) is 0 Å². The maximum atomic E-state index is 14.3. The van der Waals surface area contributed by atoms with Gasteiger partial charge in [0.15, 0.2) is 0 Å². The summed E-state index contributed by atoms with van der Waals surface area (Å²) in [5.74, 6) is -0.328. The predicted octanol–water partition coefficient (Wildman–Crippen LogP) is 5.24. The lowest BCUT2D eigenvalue weighted by Crippen LogP contribution is -2.53. The second kappa shape index (κ2) is 14.2. The SMILES string of the molecule is CNC(=O)[C@@H](Cc1ccccc1)N(Cc1cccc(OC)c1)C(=O)CN(c1cccc(C)c1)S(=O)(=O)c1ccc(Cl)cc1. The molecule has 2 amide bonds. The number of nitrogens with one attached hydrogen (secondary N) is 1. The lowest BCUT2D eigenvalue weighted by atomic mass is 10.0. The quantitative estimate of drug-likeness (QED) is 0.234. The summed E-state index contributed by atoms with van der Waals surface area (Å²) in [6.45, 7) is 1.35. The van der Waals surface area contributed by atoms with Gasteiger partial charge in [-0.2, -0.15) is 0 Å². The van der Waals surface area contributed by atoms with Crippen LogP contribution in [0.3, 0.4) is 0 Å². The molecule has 0 unspecified atom stereocenters. The summed E-state index contributed by atoms with van der Waals surface area (Å²) in [5.41, 5.74) is 2.71. The third-order valence-electron chi connectivity index (χ3n) is 6.97. The molecule has 0 saturated heterocycles. The monoisotopic (exact) mass is 619 g/mol. The zero-order valence-electron chi connectivity index (χ0n) is 24.2. The van der Waals surface area contributed by atoms with E-state index in [1.54, 1.807) is 43.5 Å². The number of hydrogen-bond donors (Lipinski definition) is 1. The number of likely N-dealkylation sites (N-methyl/N-ethyl adjacent to an activating group) is 1. The van der Waals surface area contributed by atoms with Crippen LogP contribution in [0.1, 0.15) is 16.7 Å². The third kappa shape index (κ3) is 7.94. The van der Waals surface area contributed by atoms with Crippen LogP contribution in [0.25, 0.3) is 0 Å². The fourth-order valence-electron chi connectivity index (χ4n) is 4.73. The average molecular weight is 620 g/mol. The highest BCUT2D eigenvalue weighted by Crippen LogP contribution is 2.27. The number of anilines is 1. The minimum Gasteiger partial charge on any atom is -0.497 e. The molecule has 4 aromatic carbocycles. The number of carbonyl (C=O) groups is 2. The first-order chi connectivity index (χ1) is 20.6. The van der Waals surface area contributed by atoms with Crippen LogP contribution in [0.4, 0.5) is 5.69 Å². The van der Waals surface area contributed by atoms with Crippen molar-refractivity contribution in [1.29, 1.82) is 0 Å². The fraction of sp³-hybridized carbons (Fsp3) is 0.212. The molecule has 0 radical (unpaired) electrons. The molecule has 8 nitrogen and oxygen atoms in total. The number of hydrogen-bond acceptors (Lipinski definition) is 5. The van der Waals surface area contributed by atoms with Crippen LogP contribution in [0.5, 0.6) is 5.75 Å². The summed E-state index contributed by atoms with van der Waals surface area (Å²) in [4.78, 5) is 29.1. The van der Waals surface area contributed by atoms with Gasteiger partial charge in [-0.25, -0.2) is 8.42 Å². The van der Waals surface area contributed by atoms with Crippen molar-refractivity contribution in [3.63, 3.8) is 0 Å². The summed E-state index contributed by atoms with van der Waals surface area (Å²) >= 11 is 6.03. The second-order valence-corrected chi connectivity index (χ2v) is 12.3. The molecule has 10 heteroatoms. The number of carbonyl (C=O) groups excluding carboxylic acids is 2. The highest BCUT2D eigenvalue weighted by Gasteiger charge is 2.34. The highest BCUT2D eigenvalue weighted by atomic mass is 35.5. The lowest BCUT2D eigenvalue weighted by molar-refractivity contribution is -0.139. The Morgan fingerprint density at radius 1 is 0.884 bits per heavy atom. The first kappa shape index (κ1) is 31.6. The number of ether oxygens (including phenoxy) is 1. The van der Waals surface area contributed by atoms with E-state index in [-0.39, 0.29) is 23.8 Å². The summed E-state index contributed by atoms with van der Waals surface area (Å²) in [7, 11) is -1.14. The molecule has 0 aliphatic heterocycles. The highest BCUT2D eigenvalue weighted by molar-refractivity contribution is 7.92. The van der Waals surface area contributed by atoms with Gasteiger partial charge in [0.2, 0.25) is 11.8 Å². The standard InChI is InChI=1S/C33H34ClN3O5S/c1-24-9-7-13-28(19-24)37(43(40,41)30-17-15-27(34)16-18-30)23-32(38)36(22-26-12-8-14-29(20-26)42-3)31(33(39)35-2)21-25-10-5-4-6-11-25/h4-20,31H,21-23H2,1-3H3,(H,35,39)/t31-/m1/s1. The largest absolute Gasteiger partial charge is 0.497 e. The van der Waals surface area contributed by atoms with E-state index in [0.717, 1.165) is 21.0 Å². The second-order valence-electron chi connectivity index (χ2n) is 10.00. The molecule has 4 rings (SSSR count). The predicted molar refractivity (Wildman–Crippen MR) is 169 cm³/mol. The van der Waals surface area contributed by atoms with Crippen molar-refractivity contribution in [2.45, 2.75) is 30.8 Å². The Labute approximate surface area is 257 Å². The van der Waals surface area contributed by atoms with E-state index in [9.17, 15) is 18.0 Å². The van der Waals surface area contributed by atoms with E-state index in [2.05, 4.69) is 5.32 Å². The normalized spacial score (nSPS) is 11.8. The summed E-state index contributed by atoms with van der Waals surface area (Å²) in [6, 6.07) is 28.3. The van der Waals surface area contributed by atoms with Gasteiger partial charge >= 0.3 is 0 Å². The number of methoxy groups -OCH3 is 1. The van der Waals surface area contributed by atoms with Crippen molar-refractivity contribution in [3.05, 3.63) is 125 Å². The van der Waals surface area contributed by atoms with Crippen molar-refractivity contribution in [2.75, 3.05) is 25.0 Å². The van der Waals surface area contributed by atoms with Crippen LogP contribution in [-0.4, -0.2) is 51.9 Å². The number of amides is 2. The van der Waals surface area contributed by atoms with Crippen LogP contribution in [0.15, 0.2) is 108 Å². The Morgan fingerprint density at radius 3 is 2.21 bits per heavy atom. The van der Waals surface area contributed by atoms with Crippen LogP contribution in [-0.2, 0) is 32.6 Å². The van der Waals surface area contributed by atoms with E-state index in [4.69, 9.17) is 16.3 Å². The van der Waals surface area contributed by atoms with E-state index in [1.165, 1.54) is 36.2 Å². The third-order valence-corrected chi connectivity index (χ3v) is 9.01. The molecule has 224 valence electrons.